The second kappa shape index (κ2) is 6.99. The Hall–Kier alpha value is -2.22. The average molecular weight is 401 g/mol. The third-order valence-corrected chi connectivity index (χ3v) is 5.88. The number of pyridine rings is 1. The molecule has 3 heterocycles. The molecule has 0 bridgehead atoms. The van der Waals surface area contributed by atoms with E-state index in [4.69, 9.17) is 21.1 Å². The molecule has 2 aliphatic rings. The van der Waals surface area contributed by atoms with E-state index in [1.165, 1.54) is 12.8 Å². The molecule has 0 radical (unpaired) electrons. The van der Waals surface area contributed by atoms with Crippen molar-refractivity contribution in [3.63, 3.8) is 0 Å². The molecule has 7 nitrogen and oxygen atoms in total. The van der Waals surface area contributed by atoms with Crippen molar-refractivity contribution in [2.75, 3.05) is 13.2 Å². The van der Waals surface area contributed by atoms with Crippen molar-refractivity contribution in [3.8, 4) is 11.6 Å². The molecular weight excluding hydrogens is 380 g/mol. The van der Waals surface area contributed by atoms with E-state index in [0.29, 0.717) is 59.7 Å². The van der Waals surface area contributed by atoms with Gasteiger partial charge in [0.2, 0.25) is 5.88 Å². The van der Waals surface area contributed by atoms with E-state index in [-0.39, 0.29) is 0 Å². The zero-order chi connectivity index (χ0) is 19.1. The van der Waals surface area contributed by atoms with E-state index in [9.17, 15) is 5.11 Å². The molecule has 146 valence electrons. The van der Waals surface area contributed by atoms with Crippen LogP contribution in [-0.4, -0.2) is 38.3 Å². The Labute approximate surface area is 167 Å². The maximum Gasteiger partial charge on any atom is 0.225 e. The van der Waals surface area contributed by atoms with Gasteiger partial charge in [0.25, 0.3) is 0 Å². The molecule has 28 heavy (non-hydrogen) atoms. The highest BCUT2D eigenvalue weighted by Gasteiger charge is 2.35. The first kappa shape index (κ1) is 17.8. The minimum Gasteiger partial charge on any atom is -0.437 e. The maximum absolute atomic E-state index is 11.1. The Morgan fingerprint density at radius 3 is 2.86 bits per heavy atom. The summed E-state index contributed by atoms with van der Waals surface area (Å²) >= 11 is 6.58. The van der Waals surface area contributed by atoms with E-state index in [2.05, 4.69) is 15.3 Å². The third-order valence-electron chi connectivity index (χ3n) is 5.52. The van der Waals surface area contributed by atoms with Gasteiger partial charge in [-0.05, 0) is 43.0 Å². The van der Waals surface area contributed by atoms with Crippen LogP contribution in [0.5, 0.6) is 11.6 Å². The molecule has 8 heteroatoms. The fourth-order valence-electron chi connectivity index (χ4n) is 3.65. The lowest BCUT2D eigenvalue weighted by atomic mass is 9.87. The standard InChI is InChI=1S/C20H21ClN4O3/c21-17-16(6-5-15-18(17)23-24-25(15)12-13-3-4-13)28-19-14(2-1-9-22-19)20(26)7-10-27-11-8-20/h1-2,5-6,9,13,26H,3-4,7-8,10-12H2. The van der Waals surface area contributed by atoms with Gasteiger partial charge in [0.15, 0.2) is 5.75 Å². The van der Waals surface area contributed by atoms with Gasteiger partial charge in [-0.15, -0.1) is 5.10 Å². The fourth-order valence-corrected chi connectivity index (χ4v) is 3.89. The lowest BCUT2D eigenvalue weighted by Gasteiger charge is -2.33. The minimum atomic E-state index is -1.02. The molecule has 1 aromatic carbocycles. The quantitative estimate of drug-likeness (QED) is 0.703. The van der Waals surface area contributed by atoms with Crippen molar-refractivity contribution in [1.29, 1.82) is 0 Å². The highest BCUT2D eigenvalue weighted by molar-refractivity contribution is 6.36. The van der Waals surface area contributed by atoms with E-state index < -0.39 is 5.60 Å². The predicted molar refractivity (Wildman–Crippen MR) is 104 cm³/mol. The highest BCUT2D eigenvalue weighted by atomic mass is 35.5. The third kappa shape index (κ3) is 3.23. The zero-order valence-electron chi connectivity index (χ0n) is 15.3. The molecule has 5 rings (SSSR count). The molecule has 2 fully saturated rings. The van der Waals surface area contributed by atoms with Crippen molar-refractivity contribution in [3.05, 3.63) is 41.0 Å². The molecule has 0 atom stereocenters. The summed E-state index contributed by atoms with van der Waals surface area (Å²) in [7, 11) is 0. The smallest absolute Gasteiger partial charge is 0.225 e. The van der Waals surface area contributed by atoms with Crippen LogP contribution < -0.4 is 4.74 Å². The number of nitrogens with zero attached hydrogens (tertiary/aromatic N) is 4. The van der Waals surface area contributed by atoms with Crippen LogP contribution in [0.1, 0.15) is 31.2 Å². The predicted octanol–water partition coefficient (Wildman–Crippen LogP) is 3.68. The summed E-state index contributed by atoms with van der Waals surface area (Å²) in [5, 5.41) is 20.0. The second-order valence-corrected chi connectivity index (χ2v) is 7.94. The van der Waals surface area contributed by atoms with Crippen LogP contribution in [0.15, 0.2) is 30.5 Å². The van der Waals surface area contributed by atoms with Gasteiger partial charge in [0, 0.05) is 44.4 Å². The highest BCUT2D eigenvalue weighted by Crippen LogP contribution is 2.40. The van der Waals surface area contributed by atoms with Gasteiger partial charge in [-0.25, -0.2) is 9.67 Å². The van der Waals surface area contributed by atoms with E-state index in [1.54, 1.807) is 12.3 Å². The summed E-state index contributed by atoms with van der Waals surface area (Å²) in [4.78, 5) is 4.35. The Bertz CT molecular complexity index is 1010. The molecule has 0 amide bonds. The summed E-state index contributed by atoms with van der Waals surface area (Å²) in [6, 6.07) is 7.37. The molecular formula is C20H21ClN4O3. The van der Waals surface area contributed by atoms with Gasteiger partial charge in [0.05, 0.1) is 11.1 Å². The van der Waals surface area contributed by atoms with Gasteiger partial charge in [-0.2, -0.15) is 0 Å². The molecule has 1 saturated heterocycles. The van der Waals surface area contributed by atoms with Crippen LogP contribution in [0.3, 0.4) is 0 Å². The SMILES string of the molecule is OC1(c2cccnc2Oc2ccc3c(nnn3CC3CC3)c2Cl)CCOCC1. The molecule has 1 aliphatic heterocycles. The monoisotopic (exact) mass is 400 g/mol. The van der Waals surface area contributed by atoms with Crippen LogP contribution in [0.2, 0.25) is 5.02 Å². The molecule has 0 unspecified atom stereocenters. The van der Waals surface area contributed by atoms with Gasteiger partial charge < -0.3 is 14.6 Å². The maximum atomic E-state index is 11.1. The molecule has 1 aliphatic carbocycles. The number of benzene rings is 1. The molecule has 1 N–H and O–H groups in total. The van der Waals surface area contributed by atoms with Crippen molar-refractivity contribution in [1.82, 2.24) is 20.0 Å². The number of rotatable bonds is 5. The Morgan fingerprint density at radius 1 is 1.25 bits per heavy atom. The number of hydrogen-bond donors (Lipinski definition) is 1. The minimum absolute atomic E-state index is 0.346. The first-order valence-electron chi connectivity index (χ1n) is 9.59. The summed E-state index contributed by atoms with van der Waals surface area (Å²) < 4.78 is 13.3. The first-order chi connectivity index (χ1) is 13.6. The Kier molecular flexibility index (Phi) is 4.45. The summed E-state index contributed by atoms with van der Waals surface area (Å²) in [6.07, 6.45) is 5.12. The lowest BCUT2D eigenvalue weighted by molar-refractivity contribution is -0.0690. The van der Waals surface area contributed by atoms with Crippen LogP contribution >= 0.6 is 11.6 Å². The van der Waals surface area contributed by atoms with Crippen molar-refractivity contribution < 1.29 is 14.6 Å². The summed E-state index contributed by atoms with van der Waals surface area (Å²) in [6.45, 7) is 1.87. The van der Waals surface area contributed by atoms with Crippen molar-refractivity contribution in [2.24, 2.45) is 5.92 Å². The van der Waals surface area contributed by atoms with E-state index in [1.807, 2.05) is 22.9 Å². The number of ether oxygens (including phenoxy) is 2. The van der Waals surface area contributed by atoms with Crippen molar-refractivity contribution in [2.45, 2.75) is 37.8 Å². The van der Waals surface area contributed by atoms with Gasteiger partial charge in [-0.1, -0.05) is 16.8 Å². The second-order valence-electron chi connectivity index (χ2n) is 7.56. The fraction of sp³-hybridized carbons (Fsp3) is 0.450. The van der Waals surface area contributed by atoms with E-state index in [0.717, 1.165) is 12.1 Å². The van der Waals surface area contributed by atoms with Crippen LogP contribution in [0.25, 0.3) is 11.0 Å². The Morgan fingerprint density at radius 2 is 2.07 bits per heavy atom. The normalized spacial score (nSPS) is 19.1. The van der Waals surface area contributed by atoms with Crippen LogP contribution in [0.4, 0.5) is 0 Å². The summed E-state index contributed by atoms with van der Waals surface area (Å²) in [5.41, 5.74) is 1.13. The van der Waals surface area contributed by atoms with Gasteiger partial charge >= 0.3 is 0 Å². The number of aliphatic hydroxyl groups is 1. The van der Waals surface area contributed by atoms with Crippen LogP contribution in [-0.2, 0) is 16.9 Å². The Balaban J connectivity index is 1.48. The van der Waals surface area contributed by atoms with Crippen LogP contribution in [0, 0.1) is 5.92 Å². The number of hydrogen-bond acceptors (Lipinski definition) is 6. The number of halogens is 1. The number of fused-ring (bicyclic) bond motifs is 1. The van der Waals surface area contributed by atoms with Gasteiger partial charge in [0.1, 0.15) is 10.5 Å². The van der Waals surface area contributed by atoms with Gasteiger partial charge in [-0.3, -0.25) is 0 Å². The first-order valence-corrected chi connectivity index (χ1v) is 9.97. The topological polar surface area (TPSA) is 82.3 Å². The molecule has 0 spiro atoms. The zero-order valence-corrected chi connectivity index (χ0v) is 16.1. The lowest BCUT2D eigenvalue weighted by Crippen LogP contribution is -2.33. The molecule has 3 aromatic rings. The number of aromatic nitrogens is 4. The largest absolute Gasteiger partial charge is 0.437 e. The molecule has 2 aromatic heterocycles. The summed E-state index contributed by atoms with van der Waals surface area (Å²) in [5.74, 6) is 1.48. The van der Waals surface area contributed by atoms with E-state index >= 15 is 0 Å². The molecule has 1 saturated carbocycles. The average Bonchev–Trinajstić information content (AvgIpc) is 3.43. The van der Waals surface area contributed by atoms with Crippen molar-refractivity contribution >= 4 is 22.6 Å².